The first kappa shape index (κ1) is 14.7. The number of nitrogens with zero attached hydrogens (tertiary/aromatic N) is 1. The van der Waals surface area contributed by atoms with Gasteiger partial charge in [0.05, 0.1) is 5.69 Å². The van der Waals surface area contributed by atoms with E-state index >= 15 is 0 Å². The van der Waals surface area contributed by atoms with Gasteiger partial charge in [0, 0.05) is 25.1 Å². The minimum atomic E-state index is 0.648. The fourth-order valence-corrected chi connectivity index (χ4v) is 3.59. The Morgan fingerprint density at radius 3 is 3.21 bits per heavy atom. The summed E-state index contributed by atoms with van der Waals surface area (Å²) in [6, 6.07) is 0. The second-order valence-electron chi connectivity index (χ2n) is 4.96. The number of thiazole rings is 1. The summed E-state index contributed by atoms with van der Waals surface area (Å²) >= 11 is 6.99. The van der Waals surface area contributed by atoms with Crippen LogP contribution in [-0.4, -0.2) is 30.4 Å². The van der Waals surface area contributed by atoms with E-state index in [-0.39, 0.29) is 0 Å². The summed E-state index contributed by atoms with van der Waals surface area (Å²) in [7, 11) is 1.71. The van der Waals surface area contributed by atoms with Gasteiger partial charge in [0.2, 0.25) is 0 Å². The summed E-state index contributed by atoms with van der Waals surface area (Å²) in [5.74, 6) is 0.778. The first-order chi connectivity index (χ1) is 9.19. The van der Waals surface area contributed by atoms with Crippen LogP contribution in [0.25, 0.3) is 0 Å². The molecule has 2 N–H and O–H groups in total. The van der Waals surface area contributed by atoms with Gasteiger partial charge in [0.25, 0.3) is 0 Å². The zero-order valence-corrected chi connectivity index (χ0v) is 13.1. The van der Waals surface area contributed by atoms with E-state index < -0.39 is 0 Å². The third-order valence-corrected chi connectivity index (χ3v) is 4.50. The van der Waals surface area contributed by atoms with Gasteiger partial charge in [-0.1, -0.05) is 6.92 Å². The van der Waals surface area contributed by atoms with E-state index in [4.69, 9.17) is 17.0 Å². The molecule has 0 aliphatic heterocycles. The molecule has 1 heterocycles. The van der Waals surface area contributed by atoms with E-state index in [2.05, 4.69) is 22.5 Å². The smallest absolute Gasteiger partial charge is 0.189 e. The molecule has 0 saturated heterocycles. The standard InChI is InChI=1S/C13H21N3OS2/c1-9-4-5-10-11(8-9)19-13(15-10)16-12(18)14-6-3-7-17-2/h9H,3-8H2,1-2H3,(H2,14,15,16,18). The summed E-state index contributed by atoms with van der Waals surface area (Å²) in [5, 5.41) is 7.91. The largest absolute Gasteiger partial charge is 0.385 e. The lowest BCUT2D eigenvalue weighted by Gasteiger charge is -2.15. The van der Waals surface area contributed by atoms with Crippen molar-refractivity contribution in [2.45, 2.75) is 32.6 Å². The highest BCUT2D eigenvalue weighted by Gasteiger charge is 2.19. The number of thiocarbonyl (C=S) groups is 1. The van der Waals surface area contributed by atoms with Crippen molar-refractivity contribution in [1.29, 1.82) is 0 Å². The van der Waals surface area contributed by atoms with Gasteiger partial charge in [-0.3, -0.25) is 0 Å². The van der Waals surface area contributed by atoms with Gasteiger partial charge < -0.3 is 15.4 Å². The van der Waals surface area contributed by atoms with Crippen molar-refractivity contribution in [1.82, 2.24) is 10.3 Å². The number of hydrogen-bond acceptors (Lipinski definition) is 4. The van der Waals surface area contributed by atoms with Gasteiger partial charge in [-0.05, 0) is 43.8 Å². The molecule has 6 heteroatoms. The molecule has 1 aromatic rings. The topological polar surface area (TPSA) is 46.2 Å². The van der Waals surface area contributed by atoms with Crippen LogP contribution in [0.5, 0.6) is 0 Å². The molecule has 106 valence electrons. The molecule has 1 atom stereocenters. The van der Waals surface area contributed by atoms with Crippen LogP contribution in [-0.2, 0) is 17.6 Å². The van der Waals surface area contributed by atoms with Crippen molar-refractivity contribution in [3.8, 4) is 0 Å². The molecule has 19 heavy (non-hydrogen) atoms. The van der Waals surface area contributed by atoms with Crippen LogP contribution >= 0.6 is 23.6 Å². The van der Waals surface area contributed by atoms with Gasteiger partial charge >= 0.3 is 0 Å². The monoisotopic (exact) mass is 299 g/mol. The number of anilines is 1. The van der Waals surface area contributed by atoms with Crippen LogP contribution in [0.15, 0.2) is 0 Å². The van der Waals surface area contributed by atoms with Crippen molar-refractivity contribution < 1.29 is 4.74 Å². The molecule has 1 aromatic heterocycles. The van der Waals surface area contributed by atoms with Crippen molar-refractivity contribution in [2.75, 3.05) is 25.6 Å². The van der Waals surface area contributed by atoms with Gasteiger partial charge in [-0.2, -0.15) is 0 Å². The average Bonchev–Trinajstić information content (AvgIpc) is 2.76. The lowest BCUT2D eigenvalue weighted by atomic mass is 9.93. The van der Waals surface area contributed by atoms with E-state index in [0.717, 1.165) is 43.5 Å². The maximum absolute atomic E-state index is 5.25. The Bertz CT molecular complexity index is 434. The van der Waals surface area contributed by atoms with Gasteiger partial charge in [0.15, 0.2) is 10.2 Å². The summed E-state index contributed by atoms with van der Waals surface area (Å²) < 4.78 is 4.99. The molecular formula is C13H21N3OS2. The van der Waals surface area contributed by atoms with Crippen LogP contribution in [0.1, 0.15) is 30.3 Å². The van der Waals surface area contributed by atoms with Crippen molar-refractivity contribution >= 4 is 33.8 Å². The van der Waals surface area contributed by atoms with Crippen molar-refractivity contribution in [3.63, 3.8) is 0 Å². The van der Waals surface area contributed by atoms with Gasteiger partial charge in [-0.15, -0.1) is 11.3 Å². The minimum Gasteiger partial charge on any atom is -0.385 e. The zero-order valence-electron chi connectivity index (χ0n) is 11.5. The van der Waals surface area contributed by atoms with E-state index in [1.54, 1.807) is 18.4 Å². The molecule has 4 nitrogen and oxygen atoms in total. The third-order valence-electron chi connectivity index (χ3n) is 3.22. The highest BCUT2D eigenvalue weighted by atomic mass is 32.1. The number of hydrogen-bond donors (Lipinski definition) is 2. The van der Waals surface area contributed by atoms with Crippen LogP contribution in [0.3, 0.4) is 0 Å². The quantitative estimate of drug-likeness (QED) is 0.646. The normalized spacial score (nSPS) is 17.9. The van der Waals surface area contributed by atoms with Gasteiger partial charge in [0.1, 0.15) is 0 Å². The average molecular weight is 299 g/mol. The maximum Gasteiger partial charge on any atom is 0.189 e. The number of nitrogens with one attached hydrogen (secondary N) is 2. The summed E-state index contributed by atoms with van der Waals surface area (Å²) in [4.78, 5) is 6.04. The Balaban J connectivity index is 1.81. The Morgan fingerprint density at radius 1 is 1.58 bits per heavy atom. The number of aryl methyl sites for hydroxylation is 1. The molecule has 1 aliphatic carbocycles. The molecule has 0 fully saturated rings. The van der Waals surface area contributed by atoms with Crippen LogP contribution in [0.2, 0.25) is 0 Å². The van der Waals surface area contributed by atoms with E-state index in [9.17, 15) is 0 Å². The van der Waals surface area contributed by atoms with Crippen molar-refractivity contribution in [2.24, 2.45) is 5.92 Å². The fraction of sp³-hybridized carbons (Fsp3) is 0.692. The summed E-state index contributed by atoms with van der Waals surface area (Å²) in [5.41, 5.74) is 1.26. The van der Waals surface area contributed by atoms with Gasteiger partial charge in [-0.25, -0.2) is 4.98 Å². The number of rotatable bonds is 5. The Labute approximate surface area is 124 Å². The second-order valence-corrected chi connectivity index (χ2v) is 6.46. The summed E-state index contributed by atoms with van der Waals surface area (Å²) in [6.45, 7) is 3.87. The molecule has 1 aliphatic rings. The molecule has 0 bridgehead atoms. The SMILES string of the molecule is COCCCNC(=S)Nc1nc2c(s1)CC(C)CC2. The minimum absolute atomic E-state index is 0.648. The van der Waals surface area contributed by atoms with Crippen molar-refractivity contribution in [3.05, 3.63) is 10.6 Å². The maximum atomic E-state index is 5.25. The number of fused-ring (bicyclic) bond motifs is 1. The highest BCUT2D eigenvalue weighted by Crippen LogP contribution is 2.31. The Kier molecular flexibility index (Phi) is 5.54. The molecule has 0 amide bonds. The Hall–Kier alpha value is -0.720. The van der Waals surface area contributed by atoms with E-state index in [1.807, 2.05) is 0 Å². The zero-order chi connectivity index (χ0) is 13.7. The molecule has 0 aromatic carbocycles. The number of ether oxygens (including phenoxy) is 1. The highest BCUT2D eigenvalue weighted by molar-refractivity contribution is 7.80. The Morgan fingerprint density at radius 2 is 2.42 bits per heavy atom. The lowest BCUT2D eigenvalue weighted by molar-refractivity contribution is 0.196. The number of aromatic nitrogens is 1. The summed E-state index contributed by atoms with van der Waals surface area (Å²) in [6.07, 6.45) is 4.45. The van der Waals surface area contributed by atoms with Crippen LogP contribution in [0, 0.1) is 5.92 Å². The first-order valence-corrected chi connectivity index (χ1v) is 7.94. The first-order valence-electron chi connectivity index (χ1n) is 6.71. The molecule has 0 saturated carbocycles. The fourth-order valence-electron chi connectivity index (χ4n) is 2.15. The van der Waals surface area contributed by atoms with E-state index in [0.29, 0.717) is 5.11 Å². The lowest BCUT2D eigenvalue weighted by Crippen LogP contribution is -2.29. The molecule has 0 radical (unpaired) electrons. The predicted molar refractivity (Wildman–Crippen MR) is 84.0 cm³/mol. The van der Waals surface area contributed by atoms with E-state index in [1.165, 1.54) is 17.0 Å². The number of methoxy groups -OCH3 is 1. The molecule has 0 spiro atoms. The molecule has 1 unspecified atom stereocenters. The molecular weight excluding hydrogens is 278 g/mol. The third kappa shape index (κ3) is 4.40. The van der Waals surface area contributed by atoms with Crippen LogP contribution < -0.4 is 10.6 Å². The van der Waals surface area contributed by atoms with Crippen LogP contribution in [0.4, 0.5) is 5.13 Å². The predicted octanol–water partition coefficient (Wildman–Crippen LogP) is 2.59. The second kappa shape index (κ2) is 7.17. The molecule has 2 rings (SSSR count).